The van der Waals surface area contributed by atoms with Crippen LogP contribution in [0.4, 0.5) is 0 Å². The Morgan fingerprint density at radius 1 is 1.35 bits per heavy atom. The zero-order valence-corrected chi connectivity index (χ0v) is 13.2. The minimum atomic E-state index is -3.56. The van der Waals surface area contributed by atoms with Gasteiger partial charge in [-0.2, -0.15) is 4.31 Å². The lowest BCUT2D eigenvalue weighted by molar-refractivity contribution is 0.285. The lowest BCUT2D eigenvalue weighted by Crippen LogP contribution is -2.25. The van der Waals surface area contributed by atoms with E-state index in [1.54, 1.807) is 25.1 Å². The summed E-state index contributed by atoms with van der Waals surface area (Å²) in [6.07, 6.45) is 0. The van der Waals surface area contributed by atoms with Crippen molar-refractivity contribution in [2.45, 2.75) is 31.2 Å². The van der Waals surface area contributed by atoms with Gasteiger partial charge in [-0.1, -0.05) is 0 Å². The van der Waals surface area contributed by atoms with Gasteiger partial charge < -0.3 is 9.52 Å². The van der Waals surface area contributed by atoms with E-state index in [-0.39, 0.29) is 17.4 Å². The molecule has 7 heteroatoms. The summed E-state index contributed by atoms with van der Waals surface area (Å²) in [5.41, 5.74) is 0.790. The largest absolute Gasteiger partial charge is 0.465 e. The molecule has 20 heavy (non-hydrogen) atoms. The van der Waals surface area contributed by atoms with Crippen LogP contribution < -0.4 is 0 Å². The molecule has 2 heterocycles. The van der Waals surface area contributed by atoms with Crippen molar-refractivity contribution in [1.29, 1.82) is 0 Å². The lowest BCUT2D eigenvalue weighted by Gasteiger charge is -2.14. The molecule has 2 aromatic heterocycles. The molecule has 0 saturated heterocycles. The second kappa shape index (κ2) is 5.69. The number of aryl methyl sites for hydroxylation is 2. The van der Waals surface area contributed by atoms with Crippen molar-refractivity contribution in [1.82, 2.24) is 4.31 Å². The smallest absolute Gasteiger partial charge is 0.252 e. The summed E-state index contributed by atoms with van der Waals surface area (Å²) >= 11 is 1.10. The quantitative estimate of drug-likeness (QED) is 0.919. The molecule has 5 nitrogen and oxygen atoms in total. The number of thiophene rings is 1. The molecule has 1 N–H and O–H groups in total. The number of rotatable bonds is 5. The molecule has 0 aromatic carbocycles. The van der Waals surface area contributed by atoms with E-state index in [1.807, 2.05) is 6.92 Å². The van der Waals surface area contributed by atoms with Crippen LogP contribution in [0, 0.1) is 13.8 Å². The molecule has 0 spiro atoms. The normalized spacial score (nSPS) is 12.2. The van der Waals surface area contributed by atoms with Crippen molar-refractivity contribution < 1.29 is 17.9 Å². The number of hydrogen-bond acceptors (Lipinski definition) is 5. The van der Waals surface area contributed by atoms with Gasteiger partial charge in [0.1, 0.15) is 15.7 Å². The molecular weight excluding hydrogens is 298 g/mol. The van der Waals surface area contributed by atoms with E-state index < -0.39 is 10.0 Å². The van der Waals surface area contributed by atoms with Gasteiger partial charge in [0.2, 0.25) is 0 Å². The molecule has 0 atom stereocenters. The van der Waals surface area contributed by atoms with Crippen LogP contribution in [-0.2, 0) is 23.2 Å². The Balaban J connectivity index is 2.24. The van der Waals surface area contributed by atoms with E-state index >= 15 is 0 Å². The van der Waals surface area contributed by atoms with Crippen molar-refractivity contribution in [3.63, 3.8) is 0 Å². The summed E-state index contributed by atoms with van der Waals surface area (Å²) in [5, 5.41) is 9.16. The van der Waals surface area contributed by atoms with Gasteiger partial charge in [0.15, 0.2) is 0 Å². The van der Waals surface area contributed by atoms with Crippen LogP contribution in [0.2, 0.25) is 0 Å². The van der Waals surface area contributed by atoms with E-state index in [1.165, 1.54) is 11.4 Å². The maximum Gasteiger partial charge on any atom is 0.252 e. The maximum atomic E-state index is 12.4. The monoisotopic (exact) mass is 315 g/mol. The third-order valence-electron chi connectivity index (χ3n) is 2.98. The fourth-order valence-electron chi connectivity index (χ4n) is 1.80. The predicted molar refractivity (Wildman–Crippen MR) is 77.1 cm³/mol. The van der Waals surface area contributed by atoms with Gasteiger partial charge in [-0.25, -0.2) is 8.42 Å². The maximum absolute atomic E-state index is 12.4. The lowest BCUT2D eigenvalue weighted by atomic mass is 10.3. The van der Waals surface area contributed by atoms with Gasteiger partial charge in [0, 0.05) is 11.9 Å². The third-order valence-corrected chi connectivity index (χ3v) is 6.46. The third kappa shape index (κ3) is 2.95. The average molecular weight is 315 g/mol. The van der Waals surface area contributed by atoms with Crippen molar-refractivity contribution in [3.05, 3.63) is 40.2 Å². The molecule has 0 unspecified atom stereocenters. The Labute approximate surface area is 122 Å². The summed E-state index contributed by atoms with van der Waals surface area (Å²) in [5.74, 6) is 1.35. The van der Waals surface area contributed by atoms with Crippen LogP contribution in [0.1, 0.15) is 22.0 Å². The summed E-state index contributed by atoms with van der Waals surface area (Å²) in [7, 11) is -2.04. The highest BCUT2D eigenvalue weighted by atomic mass is 32.2. The number of hydrogen-bond donors (Lipinski definition) is 1. The van der Waals surface area contributed by atoms with E-state index in [0.717, 1.165) is 22.7 Å². The van der Waals surface area contributed by atoms with E-state index in [0.29, 0.717) is 10.6 Å². The van der Waals surface area contributed by atoms with Gasteiger partial charge in [0.05, 0.1) is 13.2 Å². The minimum absolute atomic E-state index is 0.146. The van der Waals surface area contributed by atoms with E-state index in [9.17, 15) is 8.42 Å². The molecule has 0 saturated carbocycles. The SMILES string of the molecule is Cc1ccc(CN(C)S(=O)(=O)c2cc(C)c(CO)s2)o1. The Kier molecular flexibility index (Phi) is 4.33. The first kappa shape index (κ1) is 15.2. The van der Waals surface area contributed by atoms with Crippen LogP contribution in [0.15, 0.2) is 26.8 Å². The van der Waals surface area contributed by atoms with Crippen molar-refractivity contribution in [3.8, 4) is 0 Å². The van der Waals surface area contributed by atoms with Gasteiger partial charge in [-0.15, -0.1) is 11.3 Å². The fourth-order valence-corrected chi connectivity index (χ4v) is 4.60. The Bertz CT molecular complexity index is 700. The van der Waals surface area contributed by atoms with Gasteiger partial charge in [-0.05, 0) is 37.6 Å². The summed E-state index contributed by atoms with van der Waals surface area (Å²) in [6.45, 7) is 3.64. The molecule has 0 radical (unpaired) electrons. The number of nitrogens with zero attached hydrogens (tertiary/aromatic N) is 1. The van der Waals surface area contributed by atoms with Gasteiger partial charge >= 0.3 is 0 Å². The first-order valence-corrected chi connectivity index (χ1v) is 8.32. The Hall–Kier alpha value is -1.15. The number of furan rings is 1. The molecule has 110 valence electrons. The van der Waals surface area contributed by atoms with Crippen LogP contribution >= 0.6 is 11.3 Å². The van der Waals surface area contributed by atoms with Crippen molar-refractivity contribution in [2.24, 2.45) is 0 Å². The molecule has 0 aliphatic rings. The minimum Gasteiger partial charge on any atom is -0.465 e. The second-order valence-electron chi connectivity index (χ2n) is 4.60. The highest BCUT2D eigenvalue weighted by molar-refractivity contribution is 7.91. The molecule has 0 fully saturated rings. The van der Waals surface area contributed by atoms with Crippen molar-refractivity contribution >= 4 is 21.4 Å². The fraction of sp³-hybridized carbons (Fsp3) is 0.385. The van der Waals surface area contributed by atoms with Gasteiger partial charge in [0.25, 0.3) is 10.0 Å². The molecule has 0 amide bonds. The topological polar surface area (TPSA) is 70.8 Å². The number of sulfonamides is 1. The number of aliphatic hydroxyl groups is 1. The molecule has 0 aliphatic carbocycles. The summed E-state index contributed by atoms with van der Waals surface area (Å²) in [6, 6.07) is 5.16. The standard InChI is InChI=1S/C13H17NO4S2/c1-9-6-13(19-12(9)8-15)20(16,17)14(3)7-11-5-4-10(2)18-11/h4-6,15H,7-8H2,1-3H3. The van der Waals surface area contributed by atoms with Crippen molar-refractivity contribution in [2.75, 3.05) is 7.05 Å². The number of aliphatic hydroxyl groups excluding tert-OH is 1. The second-order valence-corrected chi connectivity index (χ2v) is 8.01. The molecule has 2 rings (SSSR count). The first-order chi connectivity index (χ1) is 9.34. The first-order valence-electron chi connectivity index (χ1n) is 6.06. The predicted octanol–water partition coefficient (Wildman–Crippen LogP) is 2.27. The average Bonchev–Trinajstić information content (AvgIpc) is 2.95. The summed E-state index contributed by atoms with van der Waals surface area (Å²) in [4.78, 5) is 0.672. The zero-order chi connectivity index (χ0) is 14.9. The molecular formula is C13H17NO4S2. The van der Waals surface area contributed by atoms with E-state index in [4.69, 9.17) is 9.52 Å². The Morgan fingerprint density at radius 3 is 2.55 bits per heavy atom. The highest BCUT2D eigenvalue weighted by Crippen LogP contribution is 2.28. The van der Waals surface area contributed by atoms with Crippen LogP contribution in [-0.4, -0.2) is 24.9 Å². The van der Waals surface area contributed by atoms with E-state index in [2.05, 4.69) is 0 Å². The highest BCUT2D eigenvalue weighted by Gasteiger charge is 2.24. The molecule has 0 aliphatic heterocycles. The summed E-state index contributed by atoms with van der Waals surface area (Å²) < 4.78 is 31.8. The molecule has 2 aromatic rings. The Morgan fingerprint density at radius 2 is 2.05 bits per heavy atom. The zero-order valence-electron chi connectivity index (χ0n) is 11.6. The van der Waals surface area contributed by atoms with Crippen LogP contribution in [0.3, 0.4) is 0 Å². The van der Waals surface area contributed by atoms with Crippen LogP contribution in [0.25, 0.3) is 0 Å². The van der Waals surface area contributed by atoms with Crippen LogP contribution in [0.5, 0.6) is 0 Å². The van der Waals surface area contributed by atoms with Gasteiger partial charge in [-0.3, -0.25) is 0 Å². The molecule has 0 bridgehead atoms.